The minimum Gasteiger partial charge on any atom is -0.481 e. The highest BCUT2D eigenvalue weighted by Crippen LogP contribution is 2.23. The summed E-state index contributed by atoms with van der Waals surface area (Å²) in [4.78, 5) is 10.5. The SMILES string of the molecule is NC(CCCCC(=O)O)c1ccc(-c2ccccc2)cc1. The molecule has 2 rings (SSSR count). The van der Waals surface area contributed by atoms with Crippen molar-refractivity contribution >= 4 is 5.97 Å². The molecule has 0 heterocycles. The van der Waals surface area contributed by atoms with Crippen molar-refractivity contribution in [3.05, 3.63) is 60.2 Å². The molecule has 0 aliphatic carbocycles. The molecule has 110 valence electrons. The van der Waals surface area contributed by atoms with Crippen LogP contribution in [-0.2, 0) is 4.79 Å². The second kappa shape index (κ2) is 7.60. The van der Waals surface area contributed by atoms with Crippen molar-refractivity contribution in [2.24, 2.45) is 5.73 Å². The van der Waals surface area contributed by atoms with Gasteiger partial charge in [-0.15, -0.1) is 0 Å². The summed E-state index contributed by atoms with van der Waals surface area (Å²) in [5.74, 6) is -0.740. The van der Waals surface area contributed by atoms with E-state index in [1.165, 1.54) is 11.1 Å². The van der Waals surface area contributed by atoms with Crippen LogP contribution in [0.15, 0.2) is 54.6 Å². The lowest BCUT2D eigenvalue weighted by Crippen LogP contribution is -2.10. The molecular formula is C18H21NO2. The van der Waals surface area contributed by atoms with Crippen molar-refractivity contribution in [2.75, 3.05) is 0 Å². The number of aliphatic carboxylic acids is 1. The predicted molar refractivity (Wildman–Crippen MR) is 84.9 cm³/mol. The van der Waals surface area contributed by atoms with E-state index in [0.29, 0.717) is 6.42 Å². The lowest BCUT2D eigenvalue weighted by atomic mass is 9.98. The average Bonchev–Trinajstić information content (AvgIpc) is 2.52. The molecular weight excluding hydrogens is 262 g/mol. The van der Waals surface area contributed by atoms with Gasteiger partial charge in [0.2, 0.25) is 0 Å². The van der Waals surface area contributed by atoms with E-state index >= 15 is 0 Å². The molecule has 1 atom stereocenters. The molecule has 2 aromatic rings. The van der Waals surface area contributed by atoms with Crippen LogP contribution in [-0.4, -0.2) is 11.1 Å². The van der Waals surface area contributed by atoms with Gasteiger partial charge in [-0.2, -0.15) is 0 Å². The highest BCUT2D eigenvalue weighted by molar-refractivity contribution is 5.66. The van der Waals surface area contributed by atoms with Crippen molar-refractivity contribution in [1.29, 1.82) is 0 Å². The maximum absolute atomic E-state index is 10.5. The Bertz CT molecular complexity index is 564. The molecule has 0 aliphatic rings. The fourth-order valence-corrected chi connectivity index (χ4v) is 2.36. The number of hydrogen-bond acceptors (Lipinski definition) is 2. The zero-order chi connectivity index (χ0) is 15.1. The van der Waals surface area contributed by atoms with Crippen LogP contribution in [0.4, 0.5) is 0 Å². The Hall–Kier alpha value is -2.13. The summed E-state index contributed by atoms with van der Waals surface area (Å²) in [6, 6.07) is 18.5. The molecule has 0 radical (unpaired) electrons. The van der Waals surface area contributed by atoms with Crippen LogP contribution in [0.2, 0.25) is 0 Å². The molecule has 0 bridgehead atoms. The number of carboxylic acids is 1. The Morgan fingerprint density at radius 1 is 0.952 bits per heavy atom. The van der Waals surface area contributed by atoms with Gasteiger partial charge >= 0.3 is 5.97 Å². The van der Waals surface area contributed by atoms with Crippen LogP contribution in [0, 0.1) is 0 Å². The van der Waals surface area contributed by atoms with E-state index in [0.717, 1.165) is 18.4 Å². The Balaban J connectivity index is 1.91. The standard InChI is InChI=1S/C18H21NO2/c19-17(8-4-5-9-18(20)21)16-12-10-15(11-13-16)14-6-2-1-3-7-14/h1-3,6-7,10-13,17H,4-5,8-9,19H2,(H,20,21). The zero-order valence-corrected chi connectivity index (χ0v) is 12.0. The number of benzene rings is 2. The predicted octanol–water partition coefficient (Wildman–Crippen LogP) is 4.00. The number of carbonyl (C=O) groups is 1. The van der Waals surface area contributed by atoms with Crippen LogP contribution in [0.5, 0.6) is 0 Å². The van der Waals surface area contributed by atoms with Crippen molar-refractivity contribution < 1.29 is 9.90 Å². The molecule has 0 aromatic heterocycles. The normalized spacial score (nSPS) is 12.0. The second-order valence-corrected chi connectivity index (χ2v) is 5.23. The Morgan fingerprint density at radius 2 is 1.57 bits per heavy atom. The molecule has 3 heteroatoms. The Kier molecular flexibility index (Phi) is 5.52. The van der Waals surface area contributed by atoms with E-state index < -0.39 is 5.97 Å². The Morgan fingerprint density at radius 3 is 2.19 bits per heavy atom. The van der Waals surface area contributed by atoms with E-state index in [9.17, 15) is 4.79 Å². The van der Waals surface area contributed by atoms with Gasteiger partial charge in [-0.3, -0.25) is 4.79 Å². The molecule has 21 heavy (non-hydrogen) atoms. The third-order valence-electron chi connectivity index (χ3n) is 3.60. The molecule has 0 spiro atoms. The first-order valence-electron chi connectivity index (χ1n) is 7.29. The lowest BCUT2D eigenvalue weighted by molar-refractivity contribution is -0.137. The van der Waals surface area contributed by atoms with Gasteiger partial charge in [-0.25, -0.2) is 0 Å². The van der Waals surface area contributed by atoms with Crippen LogP contribution >= 0.6 is 0 Å². The summed E-state index contributed by atoms with van der Waals surface area (Å²) in [5, 5.41) is 8.60. The van der Waals surface area contributed by atoms with Crippen molar-refractivity contribution in [1.82, 2.24) is 0 Å². The molecule has 0 saturated heterocycles. The molecule has 0 fully saturated rings. The maximum Gasteiger partial charge on any atom is 0.303 e. The van der Waals surface area contributed by atoms with Crippen LogP contribution in [0.3, 0.4) is 0 Å². The molecule has 0 saturated carbocycles. The van der Waals surface area contributed by atoms with Gasteiger partial charge in [0.25, 0.3) is 0 Å². The number of nitrogens with two attached hydrogens (primary N) is 1. The number of rotatable bonds is 7. The van der Waals surface area contributed by atoms with E-state index in [-0.39, 0.29) is 12.5 Å². The monoisotopic (exact) mass is 283 g/mol. The minimum atomic E-state index is -0.740. The summed E-state index contributed by atoms with van der Waals surface area (Å²) < 4.78 is 0. The topological polar surface area (TPSA) is 63.3 Å². The van der Waals surface area contributed by atoms with Gasteiger partial charge in [0.1, 0.15) is 0 Å². The van der Waals surface area contributed by atoms with Crippen LogP contribution in [0.1, 0.15) is 37.3 Å². The third kappa shape index (κ3) is 4.72. The number of carboxylic acid groups (broad SMARTS) is 1. The first-order valence-corrected chi connectivity index (χ1v) is 7.29. The fourth-order valence-electron chi connectivity index (χ4n) is 2.36. The van der Waals surface area contributed by atoms with Gasteiger partial charge in [-0.1, -0.05) is 61.0 Å². The Labute approximate surface area is 125 Å². The largest absolute Gasteiger partial charge is 0.481 e. The van der Waals surface area contributed by atoms with Gasteiger partial charge < -0.3 is 10.8 Å². The molecule has 3 N–H and O–H groups in total. The fraction of sp³-hybridized carbons (Fsp3) is 0.278. The second-order valence-electron chi connectivity index (χ2n) is 5.23. The van der Waals surface area contributed by atoms with E-state index in [2.05, 4.69) is 36.4 Å². The smallest absolute Gasteiger partial charge is 0.303 e. The van der Waals surface area contributed by atoms with E-state index in [4.69, 9.17) is 10.8 Å². The van der Waals surface area contributed by atoms with Gasteiger partial charge in [0.15, 0.2) is 0 Å². The van der Waals surface area contributed by atoms with Crippen LogP contribution < -0.4 is 5.73 Å². The first kappa shape index (κ1) is 15.3. The zero-order valence-electron chi connectivity index (χ0n) is 12.0. The molecule has 0 aliphatic heterocycles. The van der Waals surface area contributed by atoms with Crippen molar-refractivity contribution in [3.63, 3.8) is 0 Å². The van der Waals surface area contributed by atoms with E-state index in [1.807, 2.05) is 18.2 Å². The molecule has 2 aromatic carbocycles. The highest BCUT2D eigenvalue weighted by atomic mass is 16.4. The first-order chi connectivity index (χ1) is 10.2. The maximum atomic E-state index is 10.5. The van der Waals surface area contributed by atoms with Gasteiger partial charge in [-0.05, 0) is 29.5 Å². The molecule has 0 amide bonds. The molecule has 1 unspecified atom stereocenters. The number of hydrogen-bond donors (Lipinski definition) is 2. The summed E-state index contributed by atoms with van der Waals surface area (Å²) in [5.41, 5.74) is 9.63. The molecule has 3 nitrogen and oxygen atoms in total. The quantitative estimate of drug-likeness (QED) is 0.755. The van der Waals surface area contributed by atoms with Gasteiger partial charge in [0, 0.05) is 12.5 Å². The van der Waals surface area contributed by atoms with Crippen LogP contribution in [0.25, 0.3) is 11.1 Å². The number of unbranched alkanes of at least 4 members (excludes halogenated alkanes) is 1. The summed E-state index contributed by atoms with van der Waals surface area (Å²) >= 11 is 0. The van der Waals surface area contributed by atoms with Crippen molar-refractivity contribution in [2.45, 2.75) is 31.7 Å². The van der Waals surface area contributed by atoms with Crippen molar-refractivity contribution in [3.8, 4) is 11.1 Å². The highest BCUT2D eigenvalue weighted by Gasteiger charge is 2.07. The third-order valence-corrected chi connectivity index (χ3v) is 3.60. The summed E-state index contributed by atoms with van der Waals surface area (Å²) in [7, 11) is 0. The lowest BCUT2D eigenvalue weighted by Gasteiger charge is -2.12. The summed E-state index contributed by atoms with van der Waals surface area (Å²) in [6.45, 7) is 0. The van der Waals surface area contributed by atoms with Gasteiger partial charge in [0.05, 0.1) is 0 Å². The van der Waals surface area contributed by atoms with E-state index in [1.54, 1.807) is 0 Å². The average molecular weight is 283 g/mol. The minimum absolute atomic E-state index is 0.0244. The summed E-state index contributed by atoms with van der Waals surface area (Å²) in [6.07, 6.45) is 2.57.